The summed E-state index contributed by atoms with van der Waals surface area (Å²) < 4.78 is 5.52. The number of anilines is 1. The molecule has 120 valence electrons. The molecule has 8 nitrogen and oxygen atoms in total. The third-order valence-electron chi connectivity index (χ3n) is 3.51. The van der Waals surface area contributed by atoms with E-state index in [0.717, 1.165) is 11.5 Å². The summed E-state index contributed by atoms with van der Waals surface area (Å²) in [5.74, 6) is 2.06. The van der Waals surface area contributed by atoms with Crippen molar-refractivity contribution in [3.8, 4) is 0 Å². The molecule has 23 heavy (non-hydrogen) atoms. The Bertz CT molecular complexity index is 824. The number of carbonyl (C=O) groups is 1. The van der Waals surface area contributed by atoms with Gasteiger partial charge < -0.3 is 19.6 Å². The van der Waals surface area contributed by atoms with Gasteiger partial charge in [-0.3, -0.25) is 4.79 Å². The second-order valence-corrected chi connectivity index (χ2v) is 5.39. The Labute approximate surface area is 132 Å². The van der Waals surface area contributed by atoms with Crippen LogP contribution < -0.4 is 10.2 Å². The van der Waals surface area contributed by atoms with Gasteiger partial charge in [0.1, 0.15) is 23.4 Å². The quantitative estimate of drug-likeness (QED) is 0.741. The lowest BCUT2D eigenvalue weighted by atomic mass is 10.2. The highest BCUT2D eigenvalue weighted by Gasteiger charge is 2.17. The minimum absolute atomic E-state index is 0.125. The first-order valence-electron chi connectivity index (χ1n) is 7.25. The Kier molecular flexibility index (Phi) is 3.96. The summed E-state index contributed by atoms with van der Waals surface area (Å²) in [5.41, 5.74) is 1.28. The van der Waals surface area contributed by atoms with Gasteiger partial charge in [-0.05, 0) is 26.0 Å². The van der Waals surface area contributed by atoms with Crippen LogP contribution in [0.5, 0.6) is 0 Å². The molecular weight excluding hydrogens is 296 g/mol. The minimum Gasteiger partial charge on any atom is -0.464 e. The molecule has 0 spiro atoms. The number of carbonyl (C=O) groups excluding carboxylic acids is 1. The summed E-state index contributed by atoms with van der Waals surface area (Å²) in [5, 5.41) is 2.91. The van der Waals surface area contributed by atoms with Crippen molar-refractivity contribution in [2.45, 2.75) is 19.9 Å². The van der Waals surface area contributed by atoms with Crippen LogP contribution in [0.15, 0.2) is 29.2 Å². The summed E-state index contributed by atoms with van der Waals surface area (Å²) in [6.07, 6.45) is 2.99. The van der Waals surface area contributed by atoms with E-state index in [-0.39, 0.29) is 18.5 Å². The fourth-order valence-corrected chi connectivity index (χ4v) is 2.38. The molecule has 8 heteroatoms. The zero-order valence-electron chi connectivity index (χ0n) is 13.2. The molecule has 1 atom stereocenters. The van der Waals surface area contributed by atoms with Gasteiger partial charge in [0, 0.05) is 7.05 Å². The van der Waals surface area contributed by atoms with Crippen LogP contribution in [0.2, 0.25) is 0 Å². The second kappa shape index (κ2) is 6.07. The summed E-state index contributed by atoms with van der Waals surface area (Å²) in [7, 11) is 1.80. The fourth-order valence-electron chi connectivity index (χ4n) is 2.38. The summed E-state index contributed by atoms with van der Waals surface area (Å²) in [4.78, 5) is 29.3. The molecule has 0 radical (unpaired) electrons. The van der Waals surface area contributed by atoms with E-state index in [1.807, 2.05) is 26.0 Å². The average molecular weight is 314 g/mol. The largest absolute Gasteiger partial charge is 0.464 e. The highest BCUT2D eigenvalue weighted by Crippen LogP contribution is 2.18. The zero-order chi connectivity index (χ0) is 16.4. The maximum absolute atomic E-state index is 12.2. The normalized spacial score (nSPS) is 12.3. The van der Waals surface area contributed by atoms with Gasteiger partial charge >= 0.3 is 0 Å². The first kappa shape index (κ1) is 15.0. The summed E-state index contributed by atoms with van der Waals surface area (Å²) >= 11 is 0. The predicted octanol–water partition coefficient (Wildman–Crippen LogP) is 1.57. The van der Waals surface area contributed by atoms with Crippen LogP contribution in [-0.2, 0) is 4.79 Å². The van der Waals surface area contributed by atoms with Crippen LogP contribution in [-0.4, -0.2) is 39.4 Å². The number of H-pyrrole nitrogens is 1. The van der Waals surface area contributed by atoms with Crippen LogP contribution in [0.3, 0.4) is 0 Å². The topological polar surface area (TPSA) is 99.9 Å². The molecule has 0 aliphatic heterocycles. The molecular formula is C15H18N6O2. The molecule has 0 aromatic carbocycles. The van der Waals surface area contributed by atoms with Gasteiger partial charge in [-0.1, -0.05) is 0 Å². The number of nitrogens with zero attached hydrogens (tertiary/aromatic N) is 4. The van der Waals surface area contributed by atoms with Gasteiger partial charge in [-0.15, -0.1) is 0 Å². The number of amides is 1. The maximum atomic E-state index is 12.2. The molecule has 3 aromatic heterocycles. The molecule has 3 aromatic rings. The average Bonchev–Trinajstić information content (AvgIpc) is 3.14. The van der Waals surface area contributed by atoms with Gasteiger partial charge in [0.25, 0.3) is 0 Å². The van der Waals surface area contributed by atoms with Crippen molar-refractivity contribution in [2.24, 2.45) is 0 Å². The number of furan rings is 1. The molecule has 3 heterocycles. The number of nitrogens with one attached hydrogen (secondary N) is 2. The number of aromatic nitrogens is 4. The first-order valence-corrected chi connectivity index (χ1v) is 7.25. The molecule has 0 saturated carbocycles. The third kappa shape index (κ3) is 3.15. The van der Waals surface area contributed by atoms with Crippen LogP contribution in [0.25, 0.3) is 11.2 Å². The van der Waals surface area contributed by atoms with Gasteiger partial charge in [0.2, 0.25) is 5.91 Å². The molecule has 3 rings (SSSR count). The fraction of sp³-hybridized carbons (Fsp3) is 0.333. The van der Waals surface area contributed by atoms with Crippen LogP contribution in [0.4, 0.5) is 5.82 Å². The molecule has 1 amide bonds. The van der Waals surface area contributed by atoms with Crippen molar-refractivity contribution >= 4 is 22.9 Å². The molecule has 0 aliphatic rings. The van der Waals surface area contributed by atoms with Crippen LogP contribution in [0, 0.1) is 6.92 Å². The second-order valence-electron chi connectivity index (χ2n) is 5.39. The minimum atomic E-state index is -0.192. The monoisotopic (exact) mass is 314 g/mol. The zero-order valence-corrected chi connectivity index (χ0v) is 13.2. The Morgan fingerprint density at radius 1 is 1.39 bits per heavy atom. The number of imidazole rings is 1. The Balaban J connectivity index is 1.66. The van der Waals surface area contributed by atoms with Crippen molar-refractivity contribution in [2.75, 3.05) is 18.5 Å². The highest BCUT2D eigenvalue weighted by molar-refractivity contribution is 5.87. The number of fused-ring (bicyclic) bond motifs is 1. The van der Waals surface area contributed by atoms with Crippen molar-refractivity contribution in [3.63, 3.8) is 0 Å². The molecule has 0 bridgehead atoms. The van der Waals surface area contributed by atoms with E-state index in [1.54, 1.807) is 18.3 Å². The molecule has 0 saturated heterocycles. The number of hydrogen-bond acceptors (Lipinski definition) is 6. The van der Waals surface area contributed by atoms with E-state index >= 15 is 0 Å². The van der Waals surface area contributed by atoms with E-state index < -0.39 is 0 Å². The van der Waals surface area contributed by atoms with Gasteiger partial charge in [-0.2, -0.15) is 0 Å². The van der Waals surface area contributed by atoms with Gasteiger partial charge in [0.05, 0.1) is 18.9 Å². The Morgan fingerprint density at radius 3 is 2.96 bits per heavy atom. The van der Waals surface area contributed by atoms with E-state index in [2.05, 4.69) is 25.3 Å². The molecule has 2 N–H and O–H groups in total. The smallest absolute Gasteiger partial charge is 0.240 e. The van der Waals surface area contributed by atoms with Gasteiger partial charge in [0.15, 0.2) is 11.5 Å². The van der Waals surface area contributed by atoms with Crippen molar-refractivity contribution in [1.82, 2.24) is 25.3 Å². The number of hydrogen-bond donors (Lipinski definition) is 2. The third-order valence-corrected chi connectivity index (χ3v) is 3.51. The lowest BCUT2D eigenvalue weighted by Gasteiger charge is -2.19. The first-order chi connectivity index (χ1) is 11.0. The van der Waals surface area contributed by atoms with Crippen molar-refractivity contribution < 1.29 is 9.21 Å². The summed E-state index contributed by atoms with van der Waals surface area (Å²) in [6, 6.07) is 3.55. The van der Waals surface area contributed by atoms with Crippen molar-refractivity contribution in [3.05, 3.63) is 36.3 Å². The standard InChI is InChI=1S/C15H18N6O2/c1-9-4-5-11(23-9)10(2)20-12(22)6-21(3)15-13-14(17-7-16-13)18-8-19-15/h4-5,7-8,10H,6H2,1-3H3,(H,20,22)(H,16,17,18,19)/t10-/m0/s1. The predicted molar refractivity (Wildman–Crippen MR) is 85.0 cm³/mol. The molecule has 0 unspecified atom stereocenters. The van der Waals surface area contributed by atoms with Crippen LogP contribution in [0.1, 0.15) is 24.5 Å². The van der Waals surface area contributed by atoms with E-state index in [0.29, 0.717) is 17.0 Å². The van der Waals surface area contributed by atoms with E-state index in [4.69, 9.17) is 4.42 Å². The number of rotatable bonds is 5. The van der Waals surface area contributed by atoms with Crippen molar-refractivity contribution in [1.29, 1.82) is 0 Å². The lowest BCUT2D eigenvalue weighted by molar-refractivity contribution is -0.120. The van der Waals surface area contributed by atoms with E-state index in [9.17, 15) is 4.79 Å². The Hall–Kier alpha value is -2.90. The highest BCUT2D eigenvalue weighted by atomic mass is 16.3. The van der Waals surface area contributed by atoms with E-state index in [1.165, 1.54) is 6.33 Å². The molecule has 0 fully saturated rings. The van der Waals surface area contributed by atoms with Gasteiger partial charge in [-0.25, -0.2) is 15.0 Å². The lowest BCUT2D eigenvalue weighted by Crippen LogP contribution is -2.36. The molecule has 0 aliphatic carbocycles. The Morgan fingerprint density at radius 2 is 2.22 bits per heavy atom. The summed E-state index contributed by atoms with van der Waals surface area (Å²) in [6.45, 7) is 3.92. The number of aromatic amines is 1. The van der Waals surface area contributed by atoms with Crippen LogP contribution >= 0.6 is 0 Å². The maximum Gasteiger partial charge on any atom is 0.240 e. The SMILES string of the molecule is Cc1ccc([C@H](C)NC(=O)CN(C)c2ncnc3nc[nH]c23)o1. The number of likely N-dealkylation sites (N-methyl/N-ethyl adjacent to an activating group) is 1. The number of aryl methyl sites for hydroxylation is 1.